The SMILES string of the molecule is NC(=O)CCN(C(=O)COc1cc(F)ccc1[N+](=O)[O-])c1ccccc1. The molecule has 0 saturated carbocycles. The molecule has 0 aromatic heterocycles. The van der Waals surface area contributed by atoms with E-state index in [1.54, 1.807) is 30.3 Å². The second-order valence-corrected chi connectivity index (χ2v) is 5.26. The molecule has 26 heavy (non-hydrogen) atoms. The van der Waals surface area contributed by atoms with E-state index in [2.05, 4.69) is 0 Å². The minimum Gasteiger partial charge on any atom is -0.477 e. The zero-order chi connectivity index (χ0) is 19.1. The Kier molecular flexibility index (Phi) is 6.20. The quantitative estimate of drug-likeness (QED) is 0.570. The number of halogens is 1. The summed E-state index contributed by atoms with van der Waals surface area (Å²) in [7, 11) is 0. The summed E-state index contributed by atoms with van der Waals surface area (Å²) in [5, 5.41) is 11.0. The first-order valence-electron chi connectivity index (χ1n) is 7.59. The van der Waals surface area contributed by atoms with Crippen LogP contribution in [0.25, 0.3) is 0 Å². The lowest BCUT2D eigenvalue weighted by Gasteiger charge is -2.22. The molecule has 0 aliphatic heterocycles. The first-order chi connectivity index (χ1) is 12.4. The third kappa shape index (κ3) is 5.00. The van der Waals surface area contributed by atoms with Crippen LogP contribution >= 0.6 is 0 Å². The molecule has 0 fully saturated rings. The molecule has 0 unspecified atom stereocenters. The number of para-hydroxylation sites is 1. The number of amides is 2. The van der Waals surface area contributed by atoms with Crippen LogP contribution < -0.4 is 15.4 Å². The number of ether oxygens (including phenoxy) is 1. The van der Waals surface area contributed by atoms with Gasteiger partial charge in [0.15, 0.2) is 6.61 Å². The predicted octanol–water partition coefficient (Wildman–Crippen LogP) is 2.02. The molecule has 0 saturated heterocycles. The molecule has 0 aliphatic rings. The average molecular weight is 361 g/mol. The van der Waals surface area contributed by atoms with Crippen molar-refractivity contribution >= 4 is 23.2 Å². The molecule has 2 N–H and O–H groups in total. The third-order valence-electron chi connectivity index (χ3n) is 3.42. The molecule has 136 valence electrons. The maximum absolute atomic E-state index is 13.3. The Bertz CT molecular complexity index is 813. The fourth-order valence-corrected chi connectivity index (χ4v) is 2.20. The fraction of sp³-hybridized carbons (Fsp3) is 0.176. The molecule has 2 aromatic carbocycles. The molecule has 0 bridgehead atoms. The van der Waals surface area contributed by atoms with Crippen molar-refractivity contribution in [2.45, 2.75) is 6.42 Å². The highest BCUT2D eigenvalue weighted by atomic mass is 19.1. The first-order valence-corrected chi connectivity index (χ1v) is 7.59. The van der Waals surface area contributed by atoms with Gasteiger partial charge in [-0.15, -0.1) is 0 Å². The second-order valence-electron chi connectivity index (χ2n) is 5.26. The van der Waals surface area contributed by atoms with Gasteiger partial charge in [-0.2, -0.15) is 0 Å². The number of rotatable bonds is 8. The van der Waals surface area contributed by atoms with Gasteiger partial charge in [-0.1, -0.05) is 18.2 Å². The normalized spacial score (nSPS) is 10.2. The van der Waals surface area contributed by atoms with Gasteiger partial charge in [0.25, 0.3) is 5.91 Å². The van der Waals surface area contributed by atoms with Crippen LogP contribution in [-0.2, 0) is 9.59 Å². The Morgan fingerprint density at radius 3 is 2.50 bits per heavy atom. The standard InChI is InChI=1S/C17H16FN3O5/c18-12-6-7-14(21(24)25)15(10-12)26-11-17(23)20(9-8-16(19)22)13-4-2-1-3-5-13/h1-7,10H,8-9,11H2,(H2,19,22). The minimum atomic E-state index is -0.735. The van der Waals surface area contributed by atoms with Crippen LogP contribution in [0.4, 0.5) is 15.8 Å². The van der Waals surface area contributed by atoms with Gasteiger partial charge in [-0.05, 0) is 18.2 Å². The molecule has 0 spiro atoms. The number of hydrogen-bond donors (Lipinski definition) is 1. The van der Waals surface area contributed by atoms with Crippen LogP contribution in [0.2, 0.25) is 0 Å². The number of anilines is 1. The molecule has 0 aliphatic carbocycles. The zero-order valence-electron chi connectivity index (χ0n) is 13.6. The molecule has 2 amide bonds. The van der Waals surface area contributed by atoms with Gasteiger partial charge in [0.1, 0.15) is 5.82 Å². The maximum atomic E-state index is 13.3. The van der Waals surface area contributed by atoms with E-state index in [1.165, 1.54) is 4.90 Å². The monoisotopic (exact) mass is 361 g/mol. The Labute approximate surface area is 148 Å². The van der Waals surface area contributed by atoms with Gasteiger partial charge >= 0.3 is 5.69 Å². The smallest absolute Gasteiger partial charge is 0.311 e. The van der Waals surface area contributed by atoms with Crippen LogP contribution in [0.5, 0.6) is 5.75 Å². The molecule has 2 aromatic rings. The Balaban J connectivity index is 2.16. The van der Waals surface area contributed by atoms with Gasteiger partial charge in [-0.3, -0.25) is 19.7 Å². The lowest BCUT2D eigenvalue weighted by Crippen LogP contribution is -2.37. The van der Waals surface area contributed by atoms with Crippen molar-refractivity contribution in [3.8, 4) is 5.75 Å². The molecule has 0 heterocycles. The van der Waals surface area contributed by atoms with Crippen molar-refractivity contribution < 1.29 is 23.6 Å². The third-order valence-corrected chi connectivity index (χ3v) is 3.42. The second kappa shape index (κ2) is 8.56. The largest absolute Gasteiger partial charge is 0.477 e. The summed E-state index contributed by atoms with van der Waals surface area (Å²) in [5.41, 5.74) is 5.18. The van der Waals surface area contributed by atoms with E-state index >= 15 is 0 Å². The van der Waals surface area contributed by atoms with Gasteiger partial charge in [0, 0.05) is 30.8 Å². The number of nitro groups is 1. The van der Waals surface area contributed by atoms with Gasteiger partial charge in [0.2, 0.25) is 11.7 Å². The van der Waals surface area contributed by atoms with Crippen molar-refractivity contribution in [2.75, 3.05) is 18.1 Å². The number of carbonyl (C=O) groups is 2. The number of carbonyl (C=O) groups excluding carboxylic acids is 2. The summed E-state index contributed by atoms with van der Waals surface area (Å²) < 4.78 is 18.5. The molecule has 2 rings (SSSR count). The fourth-order valence-electron chi connectivity index (χ4n) is 2.20. The minimum absolute atomic E-state index is 0.0206. The number of hydrogen-bond acceptors (Lipinski definition) is 5. The summed E-state index contributed by atoms with van der Waals surface area (Å²) in [5.74, 6) is -2.23. The van der Waals surface area contributed by atoms with Gasteiger partial charge in [0.05, 0.1) is 4.92 Å². The number of primary amides is 1. The van der Waals surface area contributed by atoms with Crippen LogP contribution in [0.15, 0.2) is 48.5 Å². The Hall–Kier alpha value is -3.49. The maximum Gasteiger partial charge on any atom is 0.311 e. The average Bonchev–Trinajstić information content (AvgIpc) is 2.60. The van der Waals surface area contributed by atoms with E-state index < -0.39 is 34.8 Å². The highest BCUT2D eigenvalue weighted by Gasteiger charge is 2.20. The van der Waals surface area contributed by atoms with E-state index in [1.807, 2.05) is 0 Å². The number of nitrogens with two attached hydrogens (primary N) is 1. The summed E-state index contributed by atoms with van der Waals surface area (Å²) in [4.78, 5) is 35.0. The topological polar surface area (TPSA) is 116 Å². The van der Waals surface area contributed by atoms with Crippen molar-refractivity contribution in [2.24, 2.45) is 5.73 Å². The van der Waals surface area contributed by atoms with E-state index in [-0.39, 0.29) is 18.7 Å². The van der Waals surface area contributed by atoms with E-state index in [9.17, 15) is 24.1 Å². The van der Waals surface area contributed by atoms with Crippen molar-refractivity contribution in [1.82, 2.24) is 0 Å². The first kappa shape index (κ1) is 18.8. The number of nitro benzene ring substituents is 1. The highest BCUT2D eigenvalue weighted by Crippen LogP contribution is 2.27. The lowest BCUT2D eigenvalue weighted by molar-refractivity contribution is -0.385. The van der Waals surface area contributed by atoms with Crippen molar-refractivity contribution in [1.29, 1.82) is 0 Å². The van der Waals surface area contributed by atoms with Gasteiger partial charge < -0.3 is 15.4 Å². The van der Waals surface area contributed by atoms with Crippen molar-refractivity contribution in [3.05, 3.63) is 64.5 Å². The van der Waals surface area contributed by atoms with Crippen molar-refractivity contribution in [3.63, 3.8) is 0 Å². The van der Waals surface area contributed by atoms with Crippen LogP contribution in [-0.4, -0.2) is 29.9 Å². The lowest BCUT2D eigenvalue weighted by atomic mass is 10.2. The van der Waals surface area contributed by atoms with E-state index in [0.717, 1.165) is 18.2 Å². The summed E-state index contributed by atoms with van der Waals surface area (Å²) in [6, 6.07) is 11.2. The molecule has 0 atom stereocenters. The van der Waals surface area contributed by atoms with Crippen LogP contribution in [0.1, 0.15) is 6.42 Å². The van der Waals surface area contributed by atoms with Gasteiger partial charge in [-0.25, -0.2) is 4.39 Å². The summed E-state index contributed by atoms with van der Waals surface area (Å²) >= 11 is 0. The molecule has 8 nitrogen and oxygen atoms in total. The van der Waals surface area contributed by atoms with E-state index in [0.29, 0.717) is 5.69 Å². The Morgan fingerprint density at radius 1 is 1.19 bits per heavy atom. The summed E-state index contributed by atoms with van der Waals surface area (Å²) in [6.07, 6.45) is -0.0687. The van der Waals surface area contributed by atoms with E-state index in [4.69, 9.17) is 10.5 Å². The zero-order valence-corrected chi connectivity index (χ0v) is 13.6. The number of benzene rings is 2. The highest BCUT2D eigenvalue weighted by molar-refractivity contribution is 5.95. The molecule has 0 radical (unpaired) electrons. The van der Waals surface area contributed by atoms with Crippen LogP contribution in [0, 0.1) is 15.9 Å². The summed E-state index contributed by atoms with van der Waals surface area (Å²) in [6.45, 7) is -0.551. The Morgan fingerprint density at radius 2 is 1.88 bits per heavy atom. The predicted molar refractivity (Wildman–Crippen MR) is 91.2 cm³/mol. The van der Waals surface area contributed by atoms with Crippen LogP contribution in [0.3, 0.4) is 0 Å². The molecular formula is C17H16FN3O5. The molecular weight excluding hydrogens is 345 g/mol. The molecule has 9 heteroatoms. The number of nitrogens with zero attached hydrogens (tertiary/aromatic N) is 2.